The molecule has 4 heteroatoms. The molecule has 0 spiro atoms. The minimum Gasteiger partial charge on any atom is -0.494 e. The third-order valence-electron chi connectivity index (χ3n) is 3.84. The molecule has 0 aliphatic heterocycles. The topological polar surface area (TPSA) is 50.8 Å². The molecule has 0 N–H and O–H groups in total. The normalized spacial score (nSPS) is 10.6. The fourth-order valence-corrected chi connectivity index (χ4v) is 2.72. The standard InChI is InChI=1S/C18H17N3O/c1-4-21-11-13(9-14(21)10-19)15-7-8-17(22-3)18-16(15)6-5-12(2)20-18/h5-9,11H,4H2,1-3H3. The number of aryl methyl sites for hydroxylation is 2. The first-order valence-electron chi connectivity index (χ1n) is 7.23. The van der Waals surface area contributed by atoms with Crippen LogP contribution in [0.4, 0.5) is 0 Å². The highest BCUT2D eigenvalue weighted by Gasteiger charge is 2.12. The van der Waals surface area contributed by atoms with E-state index in [0.29, 0.717) is 5.69 Å². The molecule has 22 heavy (non-hydrogen) atoms. The summed E-state index contributed by atoms with van der Waals surface area (Å²) in [7, 11) is 1.65. The van der Waals surface area contributed by atoms with Gasteiger partial charge in [0.1, 0.15) is 23.0 Å². The van der Waals surface area contributed by atoms with Crippen molar-refractivity contribution in [1.82, 2.24) is 9.55 Å². The van der Waals surface area contributed by atoms with Crippen LogP contribution in [0.15, 0.2) is 36.5 Å². The van der Waals surface area contributed by atoms with Crippen LogP contribution in [-0.4, -0.2) is 16.7 Å². The second kappa shape index (κ2) is 5.53. The fraction of sp³-hybridized carbons (Fsp3) is 0.222. The molecule has 0 radical (unpaired) electrons. The van der Waals surface area contributed by atoms with Gasteiger partial charge in [0.2, 0.25) is 0 Å². The summed E-state index contributed by atoms with van der Waals surface area (Å²) in [6, 6.07) is 12.2. The number of nitrogens with zero attached hydrogens (tertiary/aromatic N) is 3. The summed E-state index contributed by atoms with van der Waals surface area (Å²) in [5, 5.41) is 10.3. The van der Waals surface area contributed by atoms with Crippen LogP contribution >= 0.6 is 0 Å². The van der Waals surface area contributed by atoms with Gasteiger partial charge in [-0.25, -0.2) is 4.98 Å². The van der Waals surface area contributed by atoms with Crippen molar-refractivity contribution in [2.75, 3.05) is 7.11 Å². The van der Waals surface area contributed by atoms with Gasteiger partial charge in [0.15, 0.2) is 0 Å². The number of nitriles is 1. The molecule has 0 saturated carbocycles. The van der Waals surface area contributed by atoms with Gasteiger partial charge in [-0.1, -0.05) is 6.07 Å². The van der Waals surface area contributed by atoms with Crippen molar-refractivity contribution in [2.24, 2.45) is 0 Å². The molecule has 0 aliphatic rings. The maximum Gasteiger partial charge on any atom is 0.145 e. The van der Waals surface area contributed by atoms with Crippen LogP contribution < -0.4 is 4.74 Å². The first-order chi connectivity index (χ1) is 10.7. The zero-order valence-corrected chi connectivity index (χ0v) is 12.9. The summed E-state index contributed by atoms with van der Waals surface area (Å²) >= 11 is 0. The SMILES string of the molecule is CCn1cc(-c2ccc(OC)c3nc(C)ccc23)cc1C#N. The molecular weight excluding hydrogens is 274 g/mol. The van der Waals surface area contributed by atoms with E-state index < -0.39 is 0 Å². The lowest BCUT2D eigenvalue weighted by Crippen LogP contribution is -1.94. The van der Waals surface area contributed by atoms with Gasteiger partial charge in [-0.2, -0.15) is 5.26 Å². The van der Waals surface area contributed by atoms with Crippen LogP contribution in [-0.2, 0) is 6.54 Å². The Morgan fingerprint density at radius 1 is 1.27 bits per heavy atom. The first-order valence-corrected chi connectivity index (χ1v) is 7.23. The van der Waals surface area contributed by atoms with Gasteiger partial charge >= 0.3 is 0 Å². The summed E-state index contributed by atoms with van der Waals surface area (Å²) in [6.45, 7) is 4.77. The average Bonchev–Trinajstić information content (AvgIpc) is 2.96. The summed E-state index contributed by atoms with van der Waals surface area (Å²) in [4.78, 5) is 4.61. The number of methoxy groups -OCH3 is 1. The van der Waals surface area contributed by atoms with E-state index in [0.717, 1.165) is 40.0 Å². The van der Waals surface area contributed by atoms with Crippen molar-refractivity contribution in [3.8, 4) is 22.9 Å². The highest BCUT2D eigenvalue weighted by Crippen LogP contribution is 2.34. The highest BCUT2D eigenvalue weighted by atomic mass is 16.5. The lowest BCUT2D eigenvalue weighted by molar-refractivity contribution is 0.419. The zero-order chi connectivity index (χ0) is 15.7. The van der Waals surface area contributed by atoms with Crippen LogP contribution in [0.2, 0.25) is 0 Å². The molecule has 110 valence electrons. The van der Waals surface area contributed by atoms with E-state index in [1.54, 1.807) is 7.11 Å². The molecule has 0 aliphatic carbocycles. The van der Waals surface area contributed by atoms with Gasteiger partial charge in [-0.3, -0.25) is 0 Å². The third kappa shape index (κ3) is 2.21. The van der Waals surface area contributed by atoms with Crippen molar-refractivity contribution < 1.29 is 4.74 Å². The number of benzene rings is 1. The van der Waals surface area contributed by atoms with Crippen molar-refractivity contribution in [1.29, 1.82) is 5.26 Å². The van der Waals surface area contributed by atoms with E-state index in [-0.39, 0.29) is 0 Å². The van der Waals surface area contributed by atoms with Crippen LogP contribution in [0, 0.1) is 18.3 Å². The van der Waals surface area contributed by atoms with E-state index in [2.05, 4.69) is 17.1 Å². The van der Waals surface area contributed by atoms with Crippen LogP contribution in [0.1, 0.15) is 18.3 Å². The largest absolute Gasteiger partial charge is 0.494 e. The average molecular weight is 291 g/mol. The number of rotatable bonds is 3. The van der Waals surface area contributed by atoms with Crippen LogP contribution in [0.25, 0.3) is 22.0 Å². The number of ether oxygens (including phenoxy) is 1. The Morgan fingerprint density at radius 3 is 2.73 bits per heavy atom. The molecule has 2 aromatic heterocycles. The molecule has 3 rings (SSSR count). The molecule has 0 amide bonds. The minimum atomic E-state index is 0.668. The maximum absolute atomic E-state index is 9.24. The quantitative estimate of drug-likeness (QED) is 0.735. The molecule has 1 aromatic carbocycles. The Bertz CT molecular complexity index is 887. The number of aromatic nitrogens is 2. The molecular formula is C18H17N3O. The maximum atomic E-state index is 9.24. The molecule has 3 aromatic rings. The molecule has 4 nitrogen and oxygen atoms in total. The summed E-state index contributed by atoms with van der Waals surface area (Å²) in [5.41, 5.74) is 4.56. The van der Waals surface area contributed by atoms with E-state index in [4.69, 9.17) is 4.74 Å². The first kappa shape index (κ1) is 14.2. The Hall–Kier alpha value is -2.80. The van der Waals surface area contributed by atoms with Gasteiger partial charge in [-0.15, -0.1) is 0 Å². The summed E-state index contributed by atoms with van der Waals surface area (Å²) in [5.74, 6) is 0.762. The van der Waals surface area contributed by atoms with Gasteiger partial charge in [0, 0.05) is 29.4 Å². The van der Waals surface area contributed by atoms with E-state index in [1.807, 2.05) is 48.9 Å². The van der Waals surface area contributed by atoms with Crippen molar-refractivity contribution in [2.45, 2.75) is 20.4 Å². The lowest BCUT2D eigenvalue weighted by Gasteiger charge is -2.09. The minimum absolute atomic E-state index is 0.668. The van der Waals surface area contributed by atoms with Crippen LogP contribution in [0.5, 0.6) is 5.75 Å². The van der Waals surface area contributed by atoms with Gasteiger partial charge < -0.3 is 9.30 Å². The Labute approximate surface area is 129 Å². The molecule has 0 saturated heterocycles. The zero-order valence-electron chi connectivity index (χ0n) is 12.9. The Morgan fingerprint density at radius 2 is 2.09 bits per heavy atom. The summed E-state index contributed by atoms with van der Waals surface area (Å²) < 4.78 is 7.38. The molecule has 0 atom stereocenters. The number of fused-ring (bicyclic) bond motifs is 1. The van der Waals surface area contributed by atoms with Gasteiger partial charge in [0.05, 0.1) is 7.11 Å². The second-order valence-electron chi connectivity index (χ2n) is 5.18. The van der Waals surface area contributed by atoms with E-state index >= 15 is 0 Å². The monoisotopic (exact) mass is 291 g/mol. The predicted octanol–water partition coefficient (Wildman–Crippen LogP) is 3.91. The fourth-order valence-electron chi connectivity index (χ4n) is 2.72. The van der Waals surface area contributed by atoms with E-state index in [1.165, 1.54) is 0 Å². The highest BCUT2D eigenvalue weighted by molar-refractivity contribution is 5.98. The van der Waals surface area contributed by atoms with Crippen molar-refractivity contribution >= 4 is 10.9 Å². The van der Waals surface area contributed by atoms with Crippen molar-refractivity contribution in [3.05, 3.63) is 47.9 Å². The number of hydrogen-bond acceptors (Lipinski definition) is 3. The van der Waals surface area contributed by atoms with Gasteiger partial charge in [-0.05, 0) is 43.7 Å². The Balaban J connectivity index is 2.28. The number of hydrogen-bond donors (Lipinski definition) is 0. The number of pyridine rings is 1. The molecule has 0 bridgehead atoms. The second-order valence-corrected chi connectivity index (χ2v) is 5.18. The van der Waals surface area contributed by atoms with Crippen LogP contribution in [0.3, 0.4) is 0 Å². The molecule has 0 fully saturated rings. The predicted molar refractivity (Wildman–Crippen MR) is 86.8 cm³/mol. The third-order valence-corrected chi connectivity index (χ3v) is 3.84. The van der Waals surface area contributed by atoms with Gasteiger partial charge in [0.25, 0.3) is 0 Å². The molecule has 0 unspecified atom stereocenters. The lowest BCUT2D eigenvalue weighted by atomic mass is 10.0. The smallest absolute Gasteiger partial charge is 0.145 e. The van der Waals surface area contributed by atoms with Crippen molar-refractivity contribution in [3.63, 3.8) is 0 Å². The Kier molecular flexibility index (Phi) is 3.56. The molecule has 2 heterocycles. The summed E-state index contributed by atoms with van der Waals surface area (Å²) in [6.07, 6.45) is 2.01. The van der Waals surface area contributed by atoms with E-state index in [9.17, 15) is 5.26 Å².